The summed E-state index contributed by atoms with van der Waals surface area (Å²) in [4.78, 5) is 33.4. The van der Waals surface area contributed by atoms with Gasteiger partial charge in [0.05, 0.1) is 12.4 Å². The van der Waals surface area contributed by atoms with Crippen molar-refractivity contribution in [3.05, 3.63) is 59.5 Å². The van der Waals surface area contributed by atoms with Crippen molar-refractivity contribution in [3.63, 3.8) is 0 Å². The van der Waals surface area contributed by atoms with Crippen LogP contribution in [-0.4, -0.2) is 40.7 Å². The van der Waals surface area contributed by atoms with E-state index in [4.69, 9.17) is 4.99 Å². The molecule has 0 fully saturated rings. The van der Waals surface area contributed by atoms with Crippen molar-refractivity contribution in [1.29, 1.82) is 0 Å². The van der Waals surface area contributed by atoms with E-state index in [1.54, 1.807) is 12.2 Å². The predicted molar refractivity (Wildman–Crippen MR) is 163 cm³/mol. The van der Waals surface area contributed by atoms with E-state index in [-0.39, 0.29) is 23.8 Å². The molecule has 2 unspecified atom stereocenters. The number of carbonyl (C=O) groups excluding carboxylic acids is 2. The Bertz CT molecular complexity index is 998. The first-order valence-corrected chi connectivity index (χ1v) is 14.7. The molecule has 1 aliphatic carbocycles. The first-order chi connectivity index (χ1) is 18.5. The van der Waals surface area contributed by atoms with E-state index in [9.17, 15) is 14.0 Å². The number of aliphatic imine (C=N–C) groups is 1. The molecule has 1 heterocycles. The van der Waals surface area contributed by atoms with Gasteiger partial charge in [-0.15, -0.1) is 0 Å². The Morgan fingerprint density at radius 3 is 2.38 bits per heavy atom. The van der Waals surface area contributed by atoms with E-state index in [0.29, 0.717) is 37.0 Å². The number of hydrogen-bond donors (Lipinski definition) is 1. The van der Waals surface area contributed by atoms with Crippen molar-refractivity contribution in [2.75, 3.05) is 6.54 Å². The van der Waals surface area contributed by atoms with Gasteiger partial charge in [0.1, 0.15) is 11.4 Å². The molecule has 0 aromatic rings. The highest BCUT2D eigenvalue weighted by Gasteiger charge is 2.48. The topological polar surface area (TPSA) is 61.8 Å². The molecule has 2 amide bonds. The van der Waals surface area contributed by atoms with E-state index in [2.05, 4.69) is 52.9 Å². The third kappa shape index (κ3) is 10.1. The van der Waals surface area contributed by atoms with Gasteiger partial charge < -0.3 is 10.2 Å². The molecule has 39 heavy (non-hydrogen) atoms. The summed E-state index contributed by atoms with van der Waals surface area (Å²) in [6.45, 7) is 19.3. The number of likely N-dealkylation sites (N-methyl/N-ethyl adjacent to an activating group) is 1. The van der Waals surface area contributed by atoms with E-state index in [1.807, 2.05) is 37.8 Å². The lowest BCUT2D eigenvalue weighted by atomic mass is 9.87. The number of rotatable bonds is 11. The maximum Gasteiger partial charge on any atom is 0.275 e. The van der Waals surface area contributed by atoms with Crippen LogP contribution in [0.25, 0.3) is 0 Å². The van der Waals surface area contributed by atoms with Crippen LogP contribution in [0.2, 0.25) is 0 Å². The zero-order valence-electron chi connectivity index (χ0n) is 25.8. The van der Waals surface area contributed by atoms with Crippen molar-refractivity contribution in [1.82, 2.24) is 10.2 Å². The van der Waals surface area contributed by atoms with Crippen LogP contribution in [0.1, 0.15) is 101 Å². The Labute approximate surface area is 237 Å². The Kier molecular flexibility index (Phi) is 15.0. The van der Waals surface area contributed by atoms with E-state index < -0.39 is 5.66 Å². The maximum atomic E-state index is 14.0. The number of halogens is 1. The first kappa shape index (κ1) is 34.3. The highest BCUT2D eigenvalue weighted by Crippen LogP contribution is 2.39. The van der Waals surface area contributed by atoms with Gasteiger partial charge in [0.25, 0.3) is 5.91 Å². The maximum absolute atomic E-state index is 14.0. The summed E-state index contributed by atoms with van der Waals surface area (Å²) in [5, 5.41) is 2.90. The molecule has 0 aromatic carbocycles. The lowest BCUT2D eigenvalue weighted by molar-refractivity contribution is -0.130. The van der Waals surface area contributed by atoms with Gasteiger partial charge in [-0.2, -0.15) is 0 Å². The van der Waals surface area contributed by atoms with Gasteiger partial charge >= 0.3 is 0 Å². The summed E-state index contributed by atoms with van der Waals surface area (Å²) in [7, 11) is 0. The van der Waals surface area contributed by atoms with Crippen LogP contribution in [0.4, 0.5) is 4.39 Å². The molecule has 0 bridgehead atoms. The van der Waals surface area contributed by atoms with Crippen LogP contribution >= 0.6 is 0 Å². The van der Waals surface area contributed by atoms with Gasteiger partial charge in [0.15, 0.2) is 0 Å². The van der Waals surface area contributed by atoms with Gasteiger partial charge in [-0.1, -0.05) is 83.9 Å². The number of unbranched alkanes of at least 4 members (excludes halogenated alkanes) is 1. The fourth-order valence-corrected chi connectivity index (χ4v) is 4.99. The van der Waals surface area contributed by atoms with Crippen LogP contribution < -0.4 is 5.32 Å². The molecule has 0 aromatic heterocycles. The van der Waals surface area contributed by atoms with Crippen LogP contribution in [0, 0.1) is 11.8 Å². The van der Waals surface area contributed by atoms with Gasteiger partial charge in [-0.25, -0.2) is 4.39 Å². The second kappa shape index (κ2) is 17.0. The number of carbonyl (C=O) groups is 2. The minimum atomic E-state index is -0.694. The molecule has 2 rings (SSSR count). The van der Waals surface area contributed by atoms with E-state index >= 15 is 0 Å². The van der Waals surface area contributed by atoms with Crippen LogP contribution in [0.3, 0.4) is 0 Å². The number of amides is 2. The molecule has 0 radical (unpaired) electrons. The minimum Gasteiger partial charge on any atom is -0.353 e. The second-order valence-corrected chi connectivity index (χ2v) is 11.4. The quantitative estimate of drug-likeness (QED) is 0.213. The molecule has 0 saturated carbocycles. The zero-order valence-corrected chi connectivity index (χ0v) is 25.8. The van der Waals surface area contributed by atoms with E-state index in [0.717, 1.165) is 37.2 Å². The van der Waals surface area contributed by atoms with Crippen LogP contribution in [-0.2, 0) is 9.59 Å². The van der Waals surface area contributed by atoms with Crippen molar-refractivity contribution in [2.24, 2.45) is 16.8 Å². The highest BCUT2D eigenvalue weighted by molar-refractivity contribution is 6.47. The largest absolute Gasteiger partial charge is 0.353 e. The number of nitrogens with zero attached hydrogens (tertiary/aromatic N) is 2. The number of nitrogens with one attached hydrogen (secondary N) is 1. The molecule has 1 N–H and O–H groups in total. The molecular formula is C33H52FN3O2. The third-order valence-corrected chi connectivity index (χ3v) is 6.61. The summed E-state index contributed by atoms with van der Waals surface area (Å²) >= 11 is 0. The molecule has 5 nitrogen and oxygen atoms in total. The Balaban J connectivity index is 0.00000177. The third-order valence-electron chi connectivity index (χ3n) is 6.61. The van der Waals surface area contributed by atoms with Crippen molar-refractivity contribution in [2.45, 2.75) is 113 Å². The summed E-state index contributed by atoms with van der Waals surface area (Å²) in [6, 6.07) is -0.142. The SMILES string of the molecule is CC(C)C.C\C=C/C(=C\C=C\F)C1=NC(C)(CCCC)N(C(C2=CCC=C(C(=O)NCC)CC2)C(C)C)C1=O. The van der Waals surface area contributed by atoms with Crippen molar-refractivity contribution >= 4 is 17.5 Å². The summed E-state index contributed by atoms with van der Waals surface area (Å²) < 4.78 is 12.8. The van der Waals surface area contributed by atoms with Crippen LogP contribution in [0.5, 0.6) is 0 Å². The predicted octanol–water partition coefficient (Wildman–Crippen LogP) is 8.02. The highest BCUT2D eigenvalue weighted by atomic mass is 19.1. The smallest absolute Gasteiger partial charge is 0.275 e. The minimum absolute atomic E-state index is 0.0130. The monoisotopic (exact) mass is 541 g/mol. The molecular weight excluding hydrogens is 489 g/mol. The summed E-state index contributed by atoms with van der Waals surface area (Å²) in [5.74, 6) is 0.855. The molecule has 2 aliphatic rings. The van der Waals surface area contributed by atoms with Gasteiger partial charge in [-0.3, -0.25) is 14.6 Å². The zero-order chi connectivity index (χ0) is 29.6. The van der Waals surface area contributed by atoms with Gasteiger partial charge in [0.2, 0.25) is 5.91 Å². The van der Waals surface area contributed by atoms with E-state index in [1.165, 1.54) is 11.6 Å². The molecule has 218 valence electrons. The molecule has 0 saturated heterocycles. The first-order valence-electron chi connectivity index (χ1n) is 14.7. The standard InChI is InChI=1S/C29H42FN3O2.C4H10/c1-7-10-19-29(6)32-25(22(13-8-2)16-12-20-30)28(35)33(29)26(21(4)5)23-14-11-15-24(18-17-23)27(34)31-9-3;1-4(2)3/h8,12-16,20-21,26H,7,9-11,17-19H2,1-6H3,(H,31,34);4H,1-3H3/b13-8-,20-12+,22-16+;. The fraction of sp³-hybridized carbons (Fsp3) is 0.606. The Hall–Kier alpha value is -2.76. The average Bonchev–Trinajstić information content (AvgIpc) is 3.01. The molecule has 1 aliphatic heterocycles. The van der Waals surface area contributed by atoms with Crippen molar-refractivity contribution in [3.8, 4) is 0 Å². The summed E-state index contributed by atoms with van der Waals surface area (Å²) in [6.07, 6.45) is 15.9. The molecule has 0 spiro atoms. The van der Waals surface area contributed by atoms with Gasteiger partial charge in [0, 0.05) is 17.7 Å². The van der Waals surface area contributed by atoms with Gasteiger partial charge in [-0.05, 0) is 70.8 Å². The lowest BCUT2D eigenvalue weighted by Gasteiger charge is -2.42. The molecule has 2 atom stereocenters. The summed E-state index contributed by atoms with van der Waals surface area (Å²) in [5.41, 5.74) is 2.26. The Morgan fingerprint density at radius 2 is 1.85 bits per heavy atom. The average molecular weight is 542 g/mol. The Morgan fingerprint density at radius 1 is 1.18 bits per heavy atom. The van der Waals surface area contributed by atoms with Crippen molar-refractivity contribution < 1.29 is 14.0 Å². The van der Waals surface area contributed by atoms with Crippen LogP contribution in [0.15, 0.2) is 64.5 Å². The molecule has 6 heteroatoms. The second-order valence-electron chi connectivity index (χ2n) is 11.4. The lowest BCUT2D eigenvalue weighted by Crippen LogP contribution is -2.53. The number of allylic oxidation sites excluding steroid dienone is 6. The fourth-order valence-electron chi connectivity index (χ4n) is 4.99. The number of hydrogen-bond acceptors (Lipinski definition) is 3. The normalized spacial score (nSPS) is 21.1.